The zero-order chi connectivity index (χ0) is 15.3. The van der Waals surface area contributed by atoms with Crippen LogP contribution in [0.5, 0.6) is 0 Å². The topological polar surface area (TPSA) is 72.2 Å². The molecule has 0 bridgehead atoms. The van der Waals surface area contributed by atoms with Gasteiger partial charge in [0.1, 0.15) is 6.04 Å². The molecule has 7 heteroatoms. The Kier molecular flexibility index (Phi) is 5.82. The fraction of sp³-hybridized carbons (Fsp3) is 0.231. The number of hydrogen-bond donors (Lipinski definition) is 2. The van der Waals surface area contributed by atoms with Crippen LogP contribution in [0.3, 0.4) is 0 Å². The van der Waals surface area contributed by atoms with Crippen LogP contribution in [-0.2, 0) is 16.0 Å². The molecule has 0 unspecified atom stereocenters. The van der Waals surface area contributed by atoms with Crippen molar-refractivity contribution < 1.29 is 18.4 Å². The van der Waals surface area contributed by atoms with Gasteiger partial charge in [0.25, 0.3) is 0 Å². The summed E-state index contributed by atoms with van der Waals surface area (Å²) < 4.78 is 26.2. The molecular formula is C13H13BrF2N2O2. The van der Waals surface area contributed by atoms with E-state index >= 15 is 0 Å². The highest BCUT2D eigenvalue weighted by Gasteiger charge is 2.18. The Labute approximate surface area is 123 Å². The van der Waals surface area contributed by atoms with Crippen LogP contribution in [0.1, 0.15) is 12.0 Å². The molecule has 0 aromatic heterocycles. The summed E-state index contributed by atoms with van der Waals surface area (Å²) in [4.78, 5) is 22.9. The molecule has 4 nitrogen and oxygen atoms in total. The van der Waals surface area contributed by atoms with E-state index in [1.54, 1.807) is 0 Å². The Morgan fingerprint density at radius 3 is 2.50 bits per heavy atom. The lowest BCUT2D eigenvalue weighted by Gasteiger charge is -2.14. The maximum Gasteiger partial charge on any atom is 0.240 e. The Bertz CT molecular complexity index is 549. The number of rotatable bonds is 6. The fourth-order valence-electron chi connectivity index (χ4n) is 1.52. The minimum absolute atomic E-state index is 0.152. The SMILES string of the molecule is C=C(Br)C[C@@H](NC(=O)Cc1ccc(F)c(F)c1)C(N)=O. The van der Waals surface area contributed by atoms with E-state index in [0.29, 0.717) is 10.0 Å². The number of carbonyl (C=O) groups excluding carboxylic acids is 2. The third-order valence-electron chi connectivity index (χ3n) is 2.45. The van der Waals surface area contributed by atoms with E-state index in [2.05, 4.69) is 27.8 Å². The maximum absolute atomic E-state index is 13.0. The van der Waals surface area contributed by atoms with E-state index in [-0.39, 0.29) is 12.8 Å². The third kappa shape index (κ3) is 5.08. The minimum Gasteiger partial charge on any atom is -0.368 e. The molecule has 3 N–H and O–H groups in total. The van der Waals surface area contributed by atoms with Gasteiger partial charge in [-0.15, -0.1) is 0 Å². The van der Waals surface area contributed by atoms with E-state index in [0.717, 1.165) is 12.1 Å². The molecule has 0 heterocycles. The molecule has 0 saturated carbocycles. The number of amides is 2. The lowest BCUT2D eigenvalue weighted by atomic mass is 10.1. The lowest BCUT2D eigenvalue weighted by molar-refractivity contribution is -0.126. The van der Waals surface area contributed by atoms with Crippen LogP contribution < -0.4 is 11.1 Å². The first-order chi connectivity index (χ1) is 9.29. The van der Waals surface area contributed by atoms with Crippen LogP contribution in [0, 0.1) is 11.6 Å². The van der Waals surface area contributed by atoms with Crippen molar-refractivity contribution in [2.24, 2.45) is 5.73 Å². The Hall–Kier alpha value is -1.76. The van der Waals surface area contributed by atoms with Crippen LogP contribution >= 0.6 is 15.9 Å². The molecule has 0 radical (unpaired) electrons. The smallest absolute Gasteiger partial charge is 0.240 e. The molecule has 0 spiro atoms. The molecule has 0 aliphatic rings. The van der Waals surface area contributed by atoms with Gasteiger partial charge in [0.15, 0.2) is 11.6 Å². The molecule has 1 aromatic rings. The summed E-state index contributed by atoms with van der Waals surface area (Å²) >= 11 is 3.07. The van der Waals surface area contributed by atoms with Crippen molar-refractivity contribution in [3.8, 4) is 0 Å². The first kappa shape index (κ1) is 16.3. The number of hydrogen-bond acceptors (Lipinski definition) is 2. The van der Waals surface area contributed by atoms with Gasteiger partial charge < -0.3 is 11.1 Å². The molecule has 0 fully saturated rings. The van der Waals surface area contributed by atoms with E-state index < -0.39 is 29.5 Å². The summed E-state index contributed by atoms with van der Waals surface area (Å²) in [7, 11) is 0. The predicted molar refractivity (Wildman–Crippen MR) is 73.9 cm³/mol. The van der Waals surface area contributed by atoms with Gasteiger partial charge in [-0.25, -0.2) is 8.78 Å². The van der Waals surface area contributed by atoms with E-state index in [1.165, 1.54) is 6.07 Å². The zero-order valence-electron chi connectivity index (χ0n) is 10.5. The van der Waals surface area contributed by atoms with Gasteiger partial charge in [0.2, 0.25) is 11.8 Å². The highest BCUT2D eigenvalue weighted by atomic mass is 79.9. The summed E-state index contributed by atoms with van der Waals surface area (Å²) in [5, 5.41) is 2.41. The average molecular weight is 347 g/mol. The van der Waals surface area contributed by atoms with Crippen LogP contribution in [0.4, 0.5) is 8.78 Å². The monoisotopic (exact) mass is 346 g/mol. The fourth-order valence-corrected chi connectivity index (χ4v) is 1.85. The van der Waals surface area contributed by atoms with Gasteiger partial charge in [-0.1, -0.05) is 28.6 Å². The van der Waals surface area contributed by atoms with Gasteiger partial charge in [-0.2, -0.15) is 0 Å². The van der Waals surface area contributed by atoms with E-state index in [1.807, 2.05) is 0 Å². The van der Waals surface area contributed by atoms with Crippen molar-refractivity contribution >= 4 is 27.7 Å². The lowest BCUT2D eigenvalue weighted by Crippen LogP contribution is -2.45. The van der Waals surface area contributed by atoms with Crippen LogP contribution in [0.15, 0.2) is 29.3 Å². The maximum atomic E-state index is 13.0. The first-order valence-corrected chi connectivity index (χ1v) is 6.44. The molecule has 20 heavy (non-hydrogen) atoms. The van der Waals surface area contributed by atoms with Gasteiger partial charge in [-0.3, -0.25) is 9.59 Å². The standard InChI is InChI=1S/C13H13BrF2N2O2/c1-7(14)4-11(13(17)20)18-12(19)6-8-2-3-9(15)10(16)5-8/h2-3,5,11H,1,4,6H2,(H2,17,20)(H,18,19)/t11-/m1/s1. The van der Waals surface area contributed by atoms with Crippen molar-refractivity contribution in [1.29, 1.82) is 0 Å². The number of primary amides is 1. The first-order valence-electron chi connectivity index (χ1n) is 5.65. The Morgan fingerprint density at radius 2 is 2.00 bits per heavy atom. The Morgan fingerprint density at radius 1 is 1.35 bits per heavy atom. The number of carbonyl (C=O) groups is 2. The zero-order valence-corrected chi connectivity index (χ0v) is 12.0. The second-order valence-electron chi connectivity index (χ2n) is 4.17. The van der Waals surface area contributed by atoms with Crippen LogP contribution in [-0.4, -0.2) is 17.9 Å². The number of nitrogens with two attached hydrogens (primary N) is 1. The van der Waals surface area contributed by atoms with Crippen molar-refractivity contribution in [3.05, 3.63) is 46.5 Å². The molecule has 1 atom stereocenters. The summed E-state index contributed by atoms with van der Waals surface area (Å²) in [6, 6.07) is 2.25. The highest BCUT2D eigenvalue weighted by Crippen LogP contribution is 2.11. The number of halogens is 3. The molecular weight excluding hydrogens is 334 g/mol. The summed E-state index contributed by atoms with van der Waals surface area (Å²) in [5.41, 5.74) is 5.44. The predicted octanol–water partition coefficient (Wildman–Crippen LogP) is 1.78. The summed E-state index contributed by atoms with van der Waals surface area (Å²) in [5.74, 6) is -3.24. The highest BCUT2D eigenvalue weighted by molar-refractivity contribution is 9.11. The van der Waals surface area contributed by atoms with Crippen molar-refractivity contribution in [3.63, 3.8) is 0 Å². The summed E-state index contributed by atoms with van der Waals surface area (Å²) in [6.07, 6.45) is -0.0331. The average Bonchev–Trinajstić information content (AvgIpc) is 2.32. The second kappa shape index (κ2) is 7.14. The van der Waals surface area contributed by atoms with Gasteiger partial charge in [0.05, 0.1) is 6.42 Å². The van der Waals surface area contributed by atoms with Gasteiger partial charge >= 0.3 is 0 Å². The van der Waals surface area contributed by atoms with E-state index in [9.17, 15) is 18.4 Å². The molecule has 2 amide bonds. The molecule has 1 rings (SSSR count). The summed E-state index contributed by atoms with van der Waals surface area (Å²) in [6.45, 7) is 3.56. The van der Waals surface area contributed by atoms with Crippen molar-refractivity contribution in [2.75, 3.05) is 0 Å². The molecule has 0 aliphatic carbocycles. The van der Waals surface area contributed by atoms with Crippen LogP contribution in [0.2, 0.25) is 0 Å². The largest absolute Gasteiger partial charge is 0.368 e. The second-order valence-corrected chi connectivity index (χ2v) is 5.29. The molecule has 0 aliphatic heterocycles. The van der Waals surface area contributed by atoms with Gasteiger partial charge in [-0.05, 0) is 22.2 Å². The molecule has 1 aromatic carbocycles. The van der Waals surface area contributed by atoms with Crippen LogP contribution in [0.25, 0.3) is 0 Å². The van der Waals surface area contributed by atoms with Gasteiger partial charge in [0, 0.05) is 6.42 Å². The number of benzene rings is 1. The Balaban J connectivity index is 2.67. The molecule has 0 saturated heterocycles. The minimum atomic E-state index is -1.03. The van der Waals surface area contributed by atoms with Crippen molar-refractivity contribution in [1.82, 2.24) is 5.32 Å². The number of nitrogens with one attached hydrogen (secondary N) is 1. The molecule has 108 valence electrons. The third-order valence-corrected chi connectivity index (χ3v) is 2.78. The quantitative estimate of drug-likeness (QED) is 0.823. The van der Waals surface area contributed by atoms with E-state index in [4.69, 9.17) is 5.73 Å². The van der Waals surface area contributed by atoms with Crippen molar-refractivity contribution in [2.45, 2.75) is 18.9 Å². The normalized spacial score (nSPS) is 11.8.